The third-order valence-corrected chi connectivity index (χ3v) is 4.47. The standard InChI is InChI=1S/C12H26N2O4S.ClH/c1-11(2)18-7-8-19(15,16)14-9-12(10-17-3)5-4-6-13-12;/h11,13-14H,4-10H2,1-3H3;1H. The Balaban J connectivity index is 0.00000361. The van der Waals surface area contributed by atoms with E-state index in [1.807, 2.05) is 13.8 Å². The quantitative estimate of drug-likeness (QED) is 0.644. The maximum absolute atomic E-state index is 11.9. The van der Waals surface area contributed by atoms with Crippen LogP contribution in [0.1, 0.15) is 26.7 Å². The Bertz CT molecular complexity index is 356. The van der Waals surface area contributed by atoms with Gasteiger partial charge in [-0.2, -0.15) is 0 Å². The van der Waals surface area contributed by atoms with Gasteiger partial charge in [0.15, 0.2) is 0 Å². The van der Waals surface area contributed by atoms with E-state index in [9.17, 15) is 8.42 Å². The van der Waals surface area contributed by atoms with Gasteiger partial charge in [-0.1, -0.05) is 0 Å². The van der Waals surface area contributed by atoms with Gasteiger partial charge < -0.3 is 14.8 Å². The van der Waals surface area contributed by atoms with Crippen molar-refractivity contribution in [2.75, 3.05) is 39.2 Å². The van der Waals surface area contributed by atoms with Crippen LogP contribution >= 0.6 is 12.4 Å². The van der Waals surface area contributed by atoms with E-state index in [0.29, 0.717) is 13.2 Å². The van der Waals surface area contributed by atoms with Gasteiger partial charge in [-0.05, 0) is 33.2 Å². The van der Waals surface area contributed by atoms with E-state index >= 15 is 0 Å². The molecule has 0 aromatic carbocycles. The van der Waals surface area contributed by atoms with E-state index < -0.39 is 10.0 Å². The minimum Gasteiger partial charge on any atom is -0.383 e. The van der Waals surface area contributed by atoms with Crippen molar-refractivity contribution in [3.63, 3.8) is 0 Å². The molecule has 8 heteroatoms. The first-order chi connectivity index (χ1) is 8.89. The molecule has 6 nitrogen and oxygen atoms in total. The number of halogens is 1. The lowest BCUT2D eigenvalue weighted by atomic mass is 9.99. The van der Waals surface area contributed by atoms with Crippen molar-refractivity contribution in [1.29, 1.82) is 0 Å². The molecule has 0 aliphatic carbocycles. The molecule has 0 saturated carbocycles. The molecule has 0 aromatic rings. The predicted octanol–water partition coefficient (Wildman–Crippen LogP) is 0.521. The number of hydrogen-bond acceptors (Lipinski definition) is 5. The van der Waals surface area contributed by atoms with Crippen molar-refractivity contribution in [2.45, 2.75) is 38.3 Å². The van der Waals surface area contributed by atoms with Crippen molar-refractivity contribution in [3.05, 3.63) is 0 Å². The van der Waals surface area contributed by atoms with Crippen molar-refractivity contribution >= 4 is 22.4 Å². The number of nitrogens with one attached hydrogen (secondary N) is 2. The molecule has 0 amide bonds. The number of methoxy groups -OCH3 is 1. The molecule has 0 bridgehead atoms. The Morgan fingerprint density at radius 1 is 1.40 bits per heavy atom. The molecule has 0 radical (unpaired) electrons. The Morgan fingerprint density at radius 2 is 2.10 bits per heavy atom. The molecule has 1 atom stereocenters. The fraction of sp³-hybridized carbons (Fsp3) is 1.00. The zero-order valence-electron chi connectivity index (χ0n) is 12.5. The van der Waals surface area contributed by atoms with Crippen LogP contribution in [0.2, 0.25) is 0 Å². The monoisotopic (exact) mass is 330 g/mol. The summed E-state index contributed by atoms with van der Waals surface area (Å²) in [4.78, 5) is 0. The summed E-state index contributed by atoms with van der Waals surface area (Å²) in [5, 5.41) is 3.33. The van der Waals surface area contributed by atoms with Gasteiger partial charge in [0, 0.05) is 13.7 Å². The van der Waals surface area contributed by atoms with Crippen LogP contribution in [-0.2, 0) is 19.5 Å². The highest BCUT2D eigenvalue weighted by atomic mass is 35.5. The summed E-state index contributed by atoms with van der Waals surface area (Å²) in [7, 11) is -1.66. The van der Waals surface area contributed by atoms with E-state index in [2.05, 4.69) is 10.0 Å². The topological polar surface area (TPSA) is 76.7 Å². The highest BCUT2D eigenvalue weighted by Crippen LogP contribution is 2.19. The van der Waals surface area contributed by atoms with Gasteiger partial charge in [0.1, 0.15) is 0 Å². The first-order valence-electron chi connectivity index (χ1n) is 6.72. The minimum atomic E-state index is -3.29. The van der Waals surface area contributed by atoms with E-state index in [1.165, 1.54) is 0 Å². The van der Waals surface area contributed by atoms with E-state index in [-0.39, 0.29) is 36.4 Å². The number of rotatable bonds is 9. The van der Waals surface area contributed by atoms with Gasteiger partial charge >= 0.3 is 0 Å². The smallest absolute Gasteiger partial charge is 0.213 e. The molecule has 0 aromatic heterocycles. The Morgan fingerprint density at radius 3 is 2.60 bits per heavy atom. The number of hydrogen-bond donors (Lipinski definition) is 2. The van der Waals surface area contributed by atoms with Crippen molar-refractivity contribution in [1.82, 2.24) is 10.0 Å². The lowest BCUT2D eigenvalue weighted by molar-refractivity contribution is 0.0910. The van der Waals surface area contributed by atoms with Crippen molar-refractivity contribution < 1.29 is 17.9 Å². The molecular weight excluding hydrogens is 304 g/mol. The molecule has 1 saturated heterocycles. The van der Waals surface area contributed by atoms with Crippen LogP contribution in [0, 0.1) is 0 Å². The minimum absolute atomic E-state index is 0. The van der Waals surface area contributed by atoms with E-state index in [1.54, 1.807) is 7.11 Å². The maximum atomic E-state index is 11.9. The van der Waals surface area contributed by atoms with Gasteiger partial charge in [0.25, 0.3) is 0 Å². The molecular formula is C12H27ClN2O4S. The second-order valence-electron chi connectivity index (χ2n) is 5.30. The molecule has 20 heavy (non-hydrogen) atoms. The Hall–Kier alpha value is 0.0800. The zero-order valence-corrected chi connectivity index (χ0v) is 14.1. The van der Waals surface area contributed by atoms with Crippen LogP contribution in [0.25, 0.3) is 0 Å². The van der Waals surface area contributed by atoms with Crippen LogP contribution in [0.4, 0.5) is 0 Å². The first-order valence-corrected chi connectivity index (χ1v) is 8.37. The van der Waals surface area contributed by atoms with Gasteiger partial charge in [0.2, 0.25) is 10.0 Å². The summed E-state index contributed by atoms with van der Waals surface area (Å²) >= 11 is 0. The SMILES string of the molecule is COCC1(CNS(=O)(=O)CCOC(C)C)CCCN1.Cl. The molecule has 1 aliphatic rings. The fourth-order valence-corrected chi connectivity index (χ4v) is 3.14. The second kappa shape index (κ2) is 9.17. The molecule has 1 unspecified atom stereocenters. The predicted molar refractivity (Wildman–Crippen MR) is 82.0 cm³/mol. The molecule has 0 spiro atoms. The third kappa shape index (κ3) is 7.19. The van der Waals surface area contributed by atoms with Crippen molar-refractivity contribution in [3.8, 4) is 0 Å². The van der Waals surface area contributed by atoms with E-state index in [4.69, 9.17) is 9.47 Å². The number of sulfonamides is 1. The second-order valence-corrected chi connectivity index (χ2v) is 7.23. The molecule has 1 aliphatic heterocycles. The lowest BCUT2D eigenvalue weighted by Crippen LogP contribution is -2.53. The van der Waals surface area contributed by atoms with Crippen LogP contribution < -0.4 is 10.0 Å². The first kappa shape index (κ1) is 20.1. The third-order valence-electron chi connectivity index (χ3n) is 3.19. The van der Waals surface area contributed by atoms with Gasteiger partial charge in [-0.15, -0.1) is 12.4 Å². The maximum Gasteiger partial charge on any atom is 0.213 e. The summed E-state index contributed by atoms with van der Waals surface area (Å²) < 4.78 is 36.8. The average Bonchev–Trinajstić information content (AvgIpc) is 2.76. The summed E-state index contributed by atoms with van der Waals surface area (Å²) in [5.74, 6) is -0.00571. The largest absolute Gasteiger partial charge is 0.383 e. The van der Waals surface area contributed by atoms with Gasteiger partial charge in [0.05, 0.1) is 30.6 Å². The van der Waals surface area contributed by atoms with Crippen LogP contribution in [0.5, 0.6) is 0 Å². The lowest BCUT2D eigenvalue weighted by Gasteiger charge is -2.28. The Kier molecular flexibility index (Phi) is 9.21. The van der Waals surface area contributed by atoms with Crippen LogP contribution in [0.15, 0.2) is 0 Å². The van der Waals surface area contributed by atoms with E-state index in [0.717, 1.165) is 19.4 Å². The van der Waals surface area contributed by atoms with Gasteiger partial charge in [-0.3, -0.25) is 0 Å². The summed E-state index contributed by atoms with van der Waals surface area (Å²) in [5.41, 5.74) is -0.263. The van der Waals surface area contributed by atoms with Crippen molar-refractivity contribution in [2.24, 2.45) is 0 Å². The normalized spacial score (nSPS) is 23.0. The summed E-state index contributed by atoms with van der Waals surface area (Å²) in [6.45, 7) is 5.77. The molecule has 122 valence electrons. The van der Waals surface area contributed by atoms with Crippen LogP contribution in [0.3, 0.4) is 0 Å². The van der Waals surface area contributed by atoms with Crippen LogP contribution in [-0.4, -0.2) is 59.2 Å². The Labute approximate surface area is 128 Å². The molecule has 2 N–H and O–H groups in total. The fourth-order valence-electron chi connectivity index (χ4n) is 2.18. The van der Waals surface area contributed by atoms with Gasteiger partial charge in [-0.25, -0.2) is 13.1 Å². The zero-order chi connectivity index (χ0) is 14.4. The number of ether oxygens (including phenoxy) is 2. The summed E-state index contributed by atoms with van der Waals surface area (Å²) in [6.07, 6.45) is 2.01. The molecule has 1 fully saturated rings. The molecule has 1 heterocycles. The highest BCUT2D eigenvalue weighted by molar-refractivity contribution is 7.89. The highest BCUT2D eigenvalue weighted by Gasteiger charge is 2.34. The molecule has 1 rings (SSSR count). The average molecular weight is 331 g/mol. The summed E-state index contributed by atoms with van der Waals surface area (Å²) in [6, 6.07) is 0.